The lowest BCUT2D eigenvalue weighted by Gasteiger charge is -2.07. The van der Waals surface area contributed by atoms with Crippen LogP contribution in [-0.4, -0.2) is 10.5 Å². The van der Waals surface area contributed by atoms with Gasteiger partial charge in [0.15, 0.2) is 4.80 Å². The molecule has 0 aliphatic rings. The Morgan fingerprint density at radius 2 is 1.92 bits per heavy atom. The quantitative estimate of drug-likeness (QED) is 0.601. The van der Waals surface area contributed by atoms with E-state index in [0.29, 0.717) is 11.6 Å². The molecular formula is C20H18ClN3OS. The van der Waals surface area contributed by atoms with Crippen molar-refractivity contribution in [2.45, 2.75) is 13.5 Å². The number of amides is 1. The molecule has 0 saturated carbocycles. The molecule has 1 amide bonds. The van der Waals surface area contributed by atoms with Crippen LogP contribution in [0.2, 0.25) is 5.02 Å². The molecule has 26 heavy (non-hydrogen) atoms. The second-order valence-corrected chi connectivity index (χ2v) is 6.92. The molecule has 0 unspecified atom stereocenters. The van der Waals surface area contributed by atoms with Crippen LogP contribution in [0.3, 0.4) is 0 Å². The summed E-state index contributed by atoms with van der Waals surface area (Å²) in [5, 5.41) is 5.54. The minimum absolute atomic E-state index is 0.0932. The number of rotatable bonds is 5. The predicted molar refractivity (Wildman–Crippen MR) is 109 cm³/mol. The molecule has 1 N–H and O–H groups in total. The monoisotopic (exact) mass is 383 g/mol. The number of halogens is 1. The summed E-state index contributed by atoms with van der Waals surface area (Å²) in [6.07, 6.45) is 1.85. The number of aromatic nitrogens is 1. The molecule has 3 aromatic rings. The van der Waals surface area contributed by atoms with Gasteiger partial charge in [0.25, 0.3) is 0 Å². The van der Waals surface area contributed by atoms with E-state index in [1.165, 1.54) is 6.92 Å². The standard InChI is InChI=1S/C20H18ClN3OS/c1-3-12-24-19(15-4-6-16(21)7-5-15)13-26-20(24)23-18-10-8-17(9-11-18)22-14(2)25/h3-11,13H,1,12H2,2H3,(H,22,25). The van der Waals surface area contributed by atoms with Gasteiger partial charge in [0.1, 0.15) is 0 Å². The maximum Gasteiger partial charge on any atom is 0.221 e. The van der Waals surface area contributed by atoms with Gasteiger partial charge in [-0.3, -0.25) is 4.79 Å². The van der Waals surface area contributed by atoms with Gasteiger partial charge in [-0.2, -0.15) is 0 Å². The molecule has 132 valence electrons. The second kappa shape index (κ2) is 8.17. The number of allylic oxidation sites excluding steroid dienone is 1. The number of nitrogens with zero attached hydrogens (tertiary/aromatic N) is 2. The number of carbonyl (C=O) groups excluding carboxylic acids is 1. The fraction of sp³-hybridized carbons (Fsp3) is 0.100. The van der Waals surface area contributed by atoms with Crippen LogP contribution in [0.15, 0.2) is 71.6 Å². The molecule has 0 atom stereocenters. The van der Waals surface area contributed by atoms with Crippen molar-refractivity contribution in [3.63, 3.8) is 0 Å². The van der Waals surface area contributed by atoms with Gasteiger partial charge in [0.05, 0.1) is 11.4 Å². The summed E-state index contributed by atoms with van der Waals surface area (Å²) in [6, 6.07) is 15.2. The molecule has 1 heterocycles. The van der Waals surface area contributed by atoms with Gasteiger partial charge in [-0.1, -0.05) is 29.8 Å². The van der Waals surface area contributed by atoms with Crippen molar-refractivity contribution < 1.29 is 4.79 Å². The summed E-state index contributed by atoms with van der Waals surface area (Å²) >= 11 is 7.56. The smallest absolute Gasteiger partial charge is 0.221 e. The van der Waals surface area contributed by atoms with Crippen molar-refractivity contribution in [1.82, 2.24) is 4.57 Å². The lowest BCUT2D eigenvalue weighted by Crippen LogP contribution is -2.14. The molecule has 0 bridgehead atoms. The van der Waals surface area contributed by atoms with E-state index in [0.717, 1.165) is 27.4 Å². The Morgan fingerprint density at radius 3 is 2.54 bits per heavy atom. The highest BCUT2D eigenvalue weighted by molar-refractivity contribution is 7.07. The van der Waals surface area contributed by atoms with Crippen LogP contribution >= 0.6 is 22.9 Å². The number of thiazole rings is 1. The molecule has 2 aromatic carbocycles. The molecule has 6 heteroatoms. The molecule has 0 radical (unpaired) electrons. The van der Waals surface area contributed by atoms with Crippen LogP contribution in [0.5, 0.6) is 0 Å². The van der Waals surface area contributed by atoms with E-state index in [1.807, 2.05) is 54.6 Å². The topological polar surface area (TPSA) is 46.4 Å². The zero-order chi connectivity index (χ0) is 18.5. The Kier molecular flexibility index (Phi) is 5.71. The van der Waals surface area contributed by atoms with E-state index in [-0.39, 0.29) is 5.91 Å². The van der Waals surface area contributed by atoms with Gasteiger partial charge in [-0.05, 0) is 42.0 Å². The molecule has 3 rings (SSSR count). The van der Waals surface area contributed by atoms with Crippen molar-refractivity contribution in [1.29, 1.82) is 0 Å². The predicted octanol–water partition coefficient (Wildman–Crippen LogP) is 5.25. The fourth-order valence-corrected chi connectivity index (χ4v) is 3.57. The Balaban J connectivity index is 1.99. The molecule has 4 nitrogen and oxygen atoms in total. The van der Waals surface area contributed by atoms with E-state index >= 15 is 0 Å². The molecule has 1 aromatic heterocycles. The summed E-state index contributed by atoms with van der Waals surface area (Å²) in [6.45, 7) is 6.00. The van der Waals surface area contributed by atoms with Gasteiger partial charge in [-0.25, -0.2) is 4.99 Å². The minimum atomic E-state index is -0.0932. The van der Waals surface area contributed by atoms with E-state index in [2.05, 4.69) is 21.8 Å². The van der Waals surface area contributed by atoms with E-state index in [4.69, 9.17) is 16.6 Å². The first-order valence-electron chi connectivity index (χ1n) is 8.04. The van der Waals surface area contributed by atoms with Crippen LogP contribution in [0.4, 0.5) is 11.4 Å². The zero-order valence-corrected chi connectivity index (χ0v) is 15.8. The number of carbonyl (C=O) groups is 1. The third kappa shape index (κ3) is 4.31. The van der Waals surface area contributed by atoms with Gasteiger partial charge in [-0.15, -0.1) is 17.9 Å². The van der Waals surface area contributed by atoms with Crippen LogP contribution in [-0.2, 0) is 11.3 Å². The van der Waals surface area contributed by atoms with Crippen LogP contribution in [0, 0.1) is 0 Å². The van der Waals surface area contributed by atoms with Gasteiger partial charge in [0, 0.05) is 29.6 Å². The van der Waals surface area contributed by atoms with Crippen molar-refractivity contribution >= 4 is 40.2 Å². The van der Waals surface area contributed by atoms with Gasteiger partial charge in [0.2, 0.25) is 5.91 Å². The molecule has 0 spiro atoms. The average Bonchev–Trinajstić information content (AvgIpc) is 3.00. The van der Waals surface area contributed by atoms with Gasteiger partial charge >= 0.3 is 0 Å². The van der Waals surface area contributed by atoms with E-state index < -0.39 is 0 Å². The summed E-state index contributed by atoms with van der Waals surface area (Å²) in [5.74, 6) is -0.0932. The van der Waals surface area contributed by atoms with Crippen LogP contribution in [0.1, 0.15) is 6.92 Å². The Hall–Kier alpha value is -2.63. The number of nitrogens with one attached hydrogen (secondary N) is 1. The summed E-state index contributed by atoms with van der Waals surface area (Å²) in [7, 11) is 0. The van der Waals surface area contributed by atoms with Crippen LogP contribution < -0.4 is 10.1 Å². The Bertz CT molecular complexity index is 985. The fourth-order valence-electron chi connectivity index (χ4n) is 2.51. The molecule has 0 aliphatic carbocycles. The highest BCUT2D eigenvalue weighted by Crippen LogP contribution is 2.23. The number of hydrogen-bond donors (Lipinski definition) is 1. The molecule has 0 saturated heterocycles. The lowest BCUT2D eigenvalue weighted by atomic mass is 10.2. The zero-order valence-electron chi connectivity index (χ0n) is 14.3. The normalized spacial score (nSPS) is 11.4. The Labute approximate surface area is 161 Å². The van der Waals surface area contributed by atoms with E-state index in [1.54, 1.807) is 11.3 Å². The van der Waals surface area contributed by atoms with Crippen molar-refractivity contribution in [2.24, 2.45) is 4.99 Å². The molecule has 0 aliphatic heterocycles. The average molecular weight is 384 g/mol. The molecular weight excluding hydrogens is 366 g/mol. The maximum atomic E-state index is 11.1. The third-order valence-corrected chi connectivity index (χ3v) is 4.78. The maximum absolute atomic E-state index is 11.1. The SMILES string of the molecule is C=CCn1c(-c2ccc(Cl)cc2)csc1=Nc1ccc(NC(C)=O)cc1. The molecule has 0 fully saturated rings. The highest BCUT2D eigenvalue weighted by Gasteiger charge is 2.07. The van der Waals surface area contributed by atoms with E-state index in [9.17, 15) is 4.79 Å². The summed E-state index contributed by atoms with van der Waals surface area (Å²) < 4.78 is 2.11. The van der Waals surface area contributed by atoms with Crippen molar-refractivity contribution in [2.75, 3.05) is 5.32 Å². The largest absolute Gasteiger partial charge is 0.326 e. The first kappa shape index (κ1) is 18.2. The second-order valence-electron chi connectivity index (χ2n) is 5.65. The summed E-state index contributed by atoms with van der Waals surface area (Å²) in [5.41, 5.74) is 3.72. The number of hydrogen-bond acceptors (Lipinski definition) is 3. The first-order valence-corrected chi connectivity index (χ1v) is 9.30. The minimum Gasteiger partial charge on any atom is -0.326 e. The van der Waals surface area contributed by atoms with Crippen molar-refractivity contribution in [3.8, 4) is 11.3 Å². The number of anilines is 1. The van der Waals surface area contributed by atoms with Gasteiger partial charge < -0.3 is 9.88 Å². The third-order valence-electron chi connectivity index (χ3n) is 3.66. The first-order chi connectivity index (χ1) is 12.6. The van der Waals surface area contributed by atoms with Crippen LogP contribution in [0.25, 0.3) is 11.3 Å². The van der Waals surface area contributed by atoms with Crippen molar-refractivity contribution in [3.05, 3.63) is 76.4 Å². The highest BCUT2D eigenvalue weighted by atomic mass is 35.5. The number of benzene rings is 2. The summed E-state index contributed by atoms with van der Waals surface area (Å²) in [4.78, 5) is 16.7. The lowest BCUT2D eigenvalue weighted by molar-refractivity contribution is -0.114. The Morgan fingerprint density at radius 1 is 1.23 bits per heavy atom.